The van der Waals surface area contributed by atoms with Crippen LogP contribution in [-0.4, -0.2) is 24.3 Å². The lowest BCUT2D eigenvalue weighted by molar-refractivity contribution is 0.266. The van der Waals surface area contributed by atoms with Crippen molar-refractivity contribution in [2.24, 2.45) is 0 Å². The molecule has 1 aromatic rings. The largest absolute Gasteiger partial charge is 0.398 e. The third kappa shape index (κ3) is 1.82. The van der Waals surface area contributed by atoms with Crippen LogP contribution in [0, 0.1) is 11.3 Å². The Kier molecular flexibility index (Phi) is 2.97. The van der Waals surface area contributed by atoms with Crippen molar-refractivity contribution in [1.29, 1.82) is 5.26 Å². The molecular weight excluding hydrogens is 202 g/mol. The number of nitrogens with zero attached hydrogens (tertiary/aromatic N) is 2. The summed E-state index contributed by atoms with van der Waals surface area (Å²) in [4.78, 5) is 2.14. The van der Waals surface area contributed by atoms with E-state index in [4.69, 9.17) is 11.0 Å². The second-order valence-electron chi connectivity index (χ2n) is 4.06. The number of hydrogen-bond acceptors (Lipinski definition) is 4. The molecule has 1 aromatic carbocycles. The Labute approximate surface area is 94.9 Å². The van der Waals surface area contributed by atoms with Gasteiger partial charge in [-0.05, 0) is 31.0 Å². The number of nitriles is 1. The van der Waals surface area contributed by atoms with Gasteiger partial charge in [-0.1, -0.05) is 0 Å². The van der Waals surface area contributed by atoms with E-state index < -0.39 is 0 Å². The molecule has 0 radical (unpaired) electrons. The number of nitrogens with two attached hydrogens (primary N) is 1. The van der Waals surface area contributed by atoms with Crippen LogP contribution < -0.4 is 10.6 Å². The first-order valence-corrected chi connectivity index (χ1v) is 5.43. The third-order valence-electron chi connectivity index (χ3n) is 3.08. The lowest BCUT2D eigenvalue weighted by atomic mass is 10.1. The average Bonchev–Trinajstić information content (AvgIpc) is 2.78. The minimum atomic E-state index is 0.159. The molecule has 0 aromatic heterocycles. The smallest absolute Gasteiger partial charge is 0.101 e. The van der Waals surface area contributed by atoms with Crippen molar-refractivity contribution in [3.63, 3.8) is 0 Å². The summed E-state index contributed by atoms with van der Waals surface area (Å²) in [5.41, 5.74) is 7.66. The van der Waals surface area contributed by atoms with Crippen molar-refractivity contribution in [1.82, 2.24) is 0 Å². The zero-order valence-corrected chi connectivity index (χ0v) is 9.06. The highest BCUT2D eigenvalue weighted by molar-refractivity contribution is 5.63. The Morgan fingerprint density at radius 1 is 1.56 bits per heavy atom. The number of hydrogen-bond donors (Lipinski definition) is 2. The van der Waals surface area contributed by atoms with Crippen LogP contribution >= 0.6 is 0 Å². The van der Waals surface area contributed by atoms with Gasteiger partial charge in [0, 0.05) is 17.9 Å². The van der Waals surface area contributed by atoms with Crippen LogP contribution in [0.15, 0.2) is 18.2 Å². The predicted octanol–water partition coefficient (Wildman–Crippen LogP) is 1.10. The van der Waals surface area contributed by atoms with Gasteiger partial charge in [0.25, 0.3) is 0 Å². The number of aliphatic hydroxyl groups excluding tert-OH is 1. The first kappa shape index (κ1) is 10.8. The van der Waals surface area contributed by atoms with E-state index in [-0.39, 0.29) is 12.6 Å². The van der Waals surface area contributed by atoms with Gasteiger partial charge in [0.1, 0.15) is 6.07 Å². The molecule has 4 nitrogen and oxygen atoms in total. The van der Waals surface area contributed by atoms with Gasteiger partial charge in [0.2, 0.25) is 0 Å². The first-order valence-electron chi connectivity index (χ1n) is 5.43. The van der Waals surface area contributed by atoms with Gasteiger partial charge in [-0.3, -0.25) is 0 Å². The number of rotatable bonds is 2. The molecule has 2 rings (SSSR count). The first-order chi connectivity index (χ1) is 7.76. The van der Waals surface area contributed by atoms with Crippen molar-refractivity contribution >= 4 is 11.4 Å². The van der Waals surface area contributed by atoms with Crippen molar-refractivity contribution in [2.75, 3.05) is 23.8 Å². The molecular formula is C12H15N3O. The lowest BCUT2D eigenvalue weighted by Gasteiger charge is -2.25. The fraction of sp³-hybridized carbons (Fsp3) is 0.417. The van der Waals surface area contributed by atoms with E-state index in [1.807, 2.05) is 6.07 Å². The Morgan fingerprint density at radius 3 is 3.06 bits per heavy atom. The summed E-state index contributed by atoms with van der Waals surface area (Å²) in [5.74, 6) is 0. The fourth-order valence-corrected chi connectivity index (χ4v) is 2.19. The number of benzene rings is 1. The molecule has 1 fully saturated rings. The molecule has 4 heteroatoms. The van der Waals surface area contributed by atoms with Gasteiger partial charge in [0.15, 0.2) is 0 Å². The van der Waals surface area contributed by atoms with Gasteiger partial charge < -0.3 is 15.7 Å². The fourth-order valence-electron chi connectivity index (χ4n) is 2.19. The zero-order valence-electron chi connectivity index (χ0n) is 9.06. The standard InChI is InChI=1S/C12H15N3O/c13-7-9-6-10(3-4-12(9)14)15-5-1-2-11(15)8-16/h3-4,6,11,16H,1-2,5,8,14H2/t11-/m0/s1. The van der Waals surface area contributed by atoms with Crippen LogP contribution in [-0.2, 0) is 0 Å². The van der Waals surface area contributed by atoms with E-state index in [9.17, 15) is 5.11 Å². The summed E-state index contributed by atoms with van der Waals surface area (Å²) in [6.45, 7) is 1.09. The highest BCUT2D eigenvalue weighted by atomic mass is 16.3. The summed E-state index contributed by atoms with van der Waals surface area (Å²) < 4.78 is 0. The molecule has 0 unspecified atom stereocenters. The van der Waals surface area contributed by atoms with Crippen molar-refractivity contribution < 1.29 is 5.11 Å². The van der Waals surface area contributed by atoms with E-state index in [0.29, 0.717) is 11.3 Å². The highest BCUT2D eigenvalue weighted by Gasteiger charge is 2.24. The Bertz CT molecular complexity index is 425. The monoisotopic (exact) mass is 217 g/mol. The van der Waals surface area contributed by atoms with Gasteiger partial charge in [-0.2, -0.15) is 5.26 Å². The molecule has 0 spiro atoms. The molecule has 0 bridgehead atoms. The topological polar surface area (TPSA) is 73.3 Å². The lowest BCUT2D eigenvalue weighted by Crippen LogP contribution is -2.32. The maximum absolute atomic E-state index is 9.25. The van der Waals surface area contributed by atoms with E-state index in [2.05, 4.69) is 11.0 Å². The number of anilines is 2. The summed E-state index contributed by atoms with van der Waals surface area (Å²) in [6, 6.07) is 7.71. The van der Waals surface area contributed by atoms with E-state index >= 15 is 0 Å². The number of aliphatic hydroxyl groups is 1. The van der Waals surface area contributed by atoms with E-state index in [1.54, 1.807) is 12.1 Å². The predicted molar refractivity (Wildman–Crippen MR) is 63.0 cm³/mol. The Balaban J connectivity index is 2.30. The van der Waals surface area contributed by atoms with Crippen LogP contribution in [0.5, 0.6) is 0 Å². The minimum absolute atomic E-state index is 0.159. The molecule has 1 atom stereocenters. The van der Waals surface area contributed by atoms with E-state index in [1.165, 1.54) is 0 Å². The van der Waals surface area contributed by atoms with Crippen molar-refractivity contribution in [2.45, 2.75) is 18.9 Å². The van der Waals surface area contributed by atoms with Gasteiger partial charge in [0.05, 0.1) is 18.2 Å². The van der Waals surface area contributed by atoms with Gasteiger partial charge in [-0.25, -0.2) is 0 Å². The molecule has 16 heavy (non-hydrogen) atoms. The molecule has 1 aliphatic rings. The highest BCUT2D eigenvalue weighted by Crippen LogP contribution is 2.27. The molecule has 0 saturated carbocycles. The summed E-state index contributed by atoms with van der Waals surface area (Å²) in [7, 11) is 0. The zero-order chi connectivity index (χ0) is 11.5. The molecule has 3 N–H and O–H groups in total. The number of nitrogen functional groups attached to an aromatic ring is 1. The minimum Gasteiger partial charge on any atom is -0.398 e. The second kappa shape index (κ2) is 4.42. The van der Waals surface area contributed by atoms with E-state index in [0.717, 1.165) is 25.1 Å². The molecule has 1 aliphatic heterocycles. The molecule has 84 valence electrons. The van der Waals surface area contributed by atoms with Gasteiger partial charge in [-0.15, -0.1) is 0 Å². The van der Waals surface area contributed by atoms with Gasteiger partial charge >= 0.3 is 0 Å². The molecule has 0 aliphatic carbocycles. The SMILES string of the molecule is N#Cc1cc(N2CCC[C@H]2CO)ccc1N. The summed E-state index contributed by atoms with van der Waals surface area (Å²) >= 11 is 0. The molecule has 1 saturated heterocycles. The maximum Gasteiger partial charge on any atom is 0.101 e. The van der Waals surface area contributed by atoms with Crippen molar-refractivity contribution in [3.8, 4) is 6.07 Å². The molecule has 1 heterocycles. The van der Waals surface area contributed by atoms with Crippen LogP contribution in [0.1, 0.15) is 18.4 Å². The third-order valence-corrected chi connectivity index (χ3v) is 3.08. The summed E-state index contributed by atoms with van der Waals surface area (Å²) in [5, 5.41) is 18.2. The molecule has 0 amide bonds. The van der Waals surface area contributed by atoms with Crippen LogP contribution in [0.2, 0.25) is 0 Å². The average molecular weight is 217 g/mol. The second-order valence-corrected chi connectivity index (χ2v) is 4.06. The maximum atomic E-state index is 9.25. The van der Waals surface area contributed by atoms with Crippen LogP contribution in [0.25, 0.3) is 0 Å². The normalized spacial score (nSPS) is 19.8. The van der Waals surface area contributed by atoms with Crippen LogP contribution in [0.3, 0.4) is 0 Å². The van der Waals surface area contributed by atoms with Crippen LogP contribution in [0.4, 0.5) is 11.4 Å². The van der Waals surface area contributed by atoms with Crippen molar-refractivity contribution in [3.05, 3.63) is 23.8 Å². The summed E-state index contributed by atoms with van der Waals surface area (Å²) in [6.07, 6.45) is 2.08. The quantitative estimate of drug-likeness (QED) is 0.727. The Hall–Kier alpha value is -1.73. The Morgan fingerprint density at radius 2 is 2.38 bits per heavy atom.